The van der Waals surface area contributed by atoms with Gasteiger partial charge in [0.1, 0.15) is 17.3 Å². The Morgan fingerprint density at radius 3 is 2.85 bits per heavy atom. The van der Waals surface area contributed by atoms with Crippen molar-refractivity contribution in [3.8, 4) is 0 Å². The molecule has 1 aliphatic heterocycles. The monoisotopic (exact) mass is 418 g/mol. The Bertz CT molecular complexity index is 766. The van der Waals surface area contributed by atoms with Crippen molar-refractivity contribution in [2.75, 3.05) is 18.4 Å². The van der Waals surface area contributed by atoms with Gasteiger partial charge in [0, 0.05) is 35.1 Å². The standard InChI is InChI=1S/C19H23BrN4O2/c20-14-5-6-18(21-11-14)22-19(25)13-7-9-24(10-8-13)12-16-15-3-1-2-4-17(15)26-23-16/h5-6,11,13H,1-4,7-10,12H2,(H,21,22,25). The Balaban J connectivity index is 1.29. The molecule has 26 heavy (non-hydrogen) atoms. The van der Waals surface area contributed by atoms with E-state index < -0.39 is 0 Å². The molecule has 0 atom stereocenters. The van der Waals surface area contributed by atoms with Crippen molar-refractivity contribution in [1.29, 1.82) is 0 Å². The van der Waals surface area contributed by atoms with Crippen LogP contribution >= 0.6 is 15.9 Å². The molecule has 1 saturated heterocycles. The normalized spacial score (nSPS) is 18.5. The molecule has 0 bridgehead atoms. The zero-order chi connectivity index (χ0) is 17.9. The molecule has 1 amide bonds. The number of halogens is 1. The Morgan fingerprint density at radius 1 is 1.27 bits per heavy atom. The van der Waals surface area contributed by atoms with Crippen molar-refractivity contribution in [1.82, 2.24) is 15.0 Å². The van der Waals surface area contributed by atoms with E-state index in [-0.39, 0.29) is 11.8 Å². The van der Waals surface area contributed by atoms with Crippen LogP contribution in [0, 0.1) is 5.92 Å². The number of piperidine rings is 1. The molecule has 0 unspecified atom stereocenters. The molecular weight excluding hydrogens is 396 g/mol. The fourth-order valence-electron chi connectivity index (χ4n) is 3.82. The van der Waals surface area contributed by atoms with Crippen molar-refractivity contribution < 1.29 is 9.32 Å². The van der Waals surface area contributed by atoms with Gasteiger partial charge in [0.25, 0.3) is 0 Å². The van der Waals surface area contributed by atoms with Crippen LogP contribution in [-0.2, 0) is 24.2 Å². The lowest BCUT2D eigenvalue weighted by Crippen LogP contribution is -2.38. The number of nitrogens with zero attached hydrogens (tertiary/aromatic N) is 3. The van der Waals surface area contributed by atoms with E-state index in [9.17, 15) is 4.79 Å². The second-order valence-corrected chi connectivity index (χ2v) is 8.06. The first-order valence-electron chi connectivity index (χ1n) is 9.30. The van der Waals surface area contributed by atoms with Crippen LogP contribution in [0.2, 0.25) is 0 Å². The maximum absolute atomic E-state index is 12.5. The summed E-state index contributed by atoms with van der Waals surface area (Å²) < 4.78 is 6.41. The predicted octanol–water partition coefficient (Wildman–Crippen LogP) is 3.56. The summed E-state index contributed by atoms with van der Waals surface area (Å²) in [6.45, 7) is 2.66. The summed E-state index contributed by atoms with van der Waals surface area (Å²) in [7, 11) is 0. The molecule has 2 aliphatic rings. The van der Waals surface area contributed by atoms with Gasteiger partial charge in [-0.15, -0.1) is 0 Å². The highest BCUT2D eigenvalue weighted by atomic mass is 79.9. The number of aryl methyl sites for hydroxylation is 1. The number of carbonyl (C=O) groups is 1. The molecule has 6 nitrogen and oxygen atoms in total. The highest BCUT2D eigenvalue weighted by Gasteiger charge is 2.27. The Labute approximate surface area is 161 Å². The number of rotatable bonds is 4. The highest BCUT2D eigenvalue weighted by Crippen LogP contribution is 2.27. The van der Waals surface area contributed by atoms with Gasteiger partial charge in [0.05, 0.1) is 0 Å². The van der Waals surface area contributed by atoms with Crippen LogP contribution in [-0.4, -0.2) is 34.0 Å². The topological polar surface area (TPSA) is 71.3 Å². The Morgan fingerprint density at radius 2 is 2.08 bits per heavy atom. The largest absolute Gasteiger partial charge is 0.361 e. The van der Waals surface area contributed by atoms with Gasteiger partial charge in [-0.25, -0.2) is 4.98 Å². The van der Waals surface area contributed by atoms with Gasteiger partial charge in [-0.05, 0) is 73.3 Å². The van der Waals surface area contributed by atoms with Gasteiger partial charge >= 0.3 is 0 Å². The van der Waals surface area contributed by atoms with Crippen molar-refractivity contribution in [2.24, 2.45) is 5.92 Å². The van der Waals surface area contributed by atoms with Crippen LogP contribution in [0.15, 0.2) is 27.3 Å². The summed E-state index contributed by atoms with van der Waals surface area (Å²) in [5, 5.41) is 7.22. The van der Waals surface area contributed by atoms with E-state index in [1.807, 2.05) is 12.1 Å². The molecule has 4 rings (SSSR count). The summed E-state index contributed by atoms with van der Waals surface area (Å²) in [5.74, 6) is 1.80. The number of pyridine rings is 1. The number of anilines is 1. The molecule has 3 heterocycles. The Kier molecular flexibility index (Phi) is 5.36. The minimum Gasteiger partial charge on any atom is -0.361 e. The van der Waals surface area contributed by atoms with Gasteiger partial charge < -0.3 is 9.84 Å². The summed E-state index contributed by atoms with van der Waals surface area (Å²) in [4.78, 5) is 19.1. The molecule has 7 heteroatoms. The number of amides is 1. The molecule has 1 fully saturated rings. The fraction of sp³-hybridized carbons (Fsp3) is 0.526. The Hall–Kier alpha value is -1.73. The molecule has 0 spiro atoms. The number of hydrogen-bond acceptors (Lipinski definition) is 5. The second-order valence-electron chi connectivity index (χ2n) is 7.14. The van der Waals surface area contributed by atoms with Crippen LogP contribution in [0.3, 0.4) is 0 Å². The van der Waals surface area contributed by atoms with Crippen molar-refractivity contribution >= 4 is 27.7 Å². The summed E-state index contributed by atoms with van der Waals surface area (Å²) in [5.41, 5.74) is 2.43. The first kappa shape index (κ1) is 17.7. The third-order valence-corrected chi connectivity index (χ3v) is 5.81. The van der Waals surface area contributed by atoms with E-state index in [1.165, 1.54) is 18.4 Å². The number of nitrogens with one attached hydrogen (secondary N) is 1. The van der Waals surface area contributed by atoms with Crippen LogP contribution in [0.4, 0.5) is 5.82 Å². The minimum absolute atomic E-state index is 0.0444. The molecule has 2 aromatic rings. The van der Waals surface area contributed by atoms with Crippen LogP contribution in [0.5, 0.6) is 0 Å². The van der Waals surface area contributed by atoms with Gasteiger partial charge in [0.2, 0.25) is 5.91 Å². The van der Waals surface area contributed by atoms with Crippen molar-refractivity contribution in [3.05, 3.63) is 39.8 Å². The molecule has 0 aromatic carbocycles. The van der Waals surface area contributed by atoms with Gasteiger partial charge in [-0.2, -0.15) is 0 Å². The molecule has 1 aliphatic carbocycles. The lowest BCUT2D eigenvalue weighted by atomic mass is 9.94. The van der Waals surface area contributed by atoms with Crippen LogP contribution in [0.25, 0.3) is 0 Å². The molecule has 2 aromatic heterocycles. The zero-order valence-electron chi connectivity index (χ0n) is 14.7. The molecule has 0 saturated carbocycles. The maximum atomic E-state index is 12.5. The van der Waals surface area contributed by atoms with Crippen molar-refractivity contribution in [3.63, 3.8) is 0 Å². The SMILES string of the molecule is O=C(Nc1ccc(Br)cn1)C1CCN(Cc2noc3c2CCCC3)CC1. The summed E-state index contributed by atoms with van der Waals surface area (Å²) >= 11 is 3.35. The molecule has 1 N–H and O–H groups in total. The van der Waals surface area contributed by atoms with E-state index in [0.717, 1.165) is 61.2 Å². The fourth-order valence-corrected chi connectivity index (χ4v) is 4.05. The van der Waals surface area contributed by atoms with E-state index in [0.29, 0.717) is 5.82 Å². The molecule has 0 radical (unpaired) electrons. The average Bonchev–Trinajstić information content (AvgIpc) is 3.07. The second kappa shape index (κ2) is 7.88. The number of aromatic nitrogens is 2. The van der Waals surface area contributed by atoms with E-state index in [1.54, 1.807) is 6.20 Å². The quantitative estimate of drug-likeness (QED) is 0.821. The number of likely N-dealkylation sites (tertiary alicyclic amines) is 1. The maximum Gasteiger partial charge on any atom is 0.228 e. The zero-order valence-corrected chi connectivity index (χ0v) is 16.3. The van der Waals surface area contributed by atoms with Crippen LogP contribution in [0.1, 0.15) is 42.7 Å². The minimum atomic E-state index is 0.0444. The van der Waals surface area contributed by atoms with E-state index in [4.69, 9.17) is 4.52 Å². The van der Waals surface area contributed by atoms with Gasteiger partial charge in [-0.3, -0.25) is 9.69 Å². The first-order chi connectivity index (χ1) is 12.7. The predicted molar refractivity (Wildman–Crippen MR) is 102 cm³/mol. The lowest BCUT2D eigenvalue weighted by molar-refractivity contribution is -0.121. The first-order valence-corrected chi connectivity index (χ1v) is 10.1. The van der Waals surface area contributed by atoms with Gasteiger partial charge in [-0.1, -0.05) is 5.16 Å². The van der Waals surface area contributed by atoms with Crippen molar-refractivity contribution in [2.45, 2.75) is 45.1 Å². The molecular formula is C19H23BrN4O2. The number of carbonyl (C=O) groups excluding carboxylic acids is 1. The van der Waals surface area contributed by atoms with Gasteiger partial charge in [0.15, 0.2) is 0 Å². The van der Waals surface area contributed by atoms with E-state index >= 15 is 0 Å². The molecule has 138 valence electrons. The number of fused-ring (bicyclic) bond motifs is 1. The highest BCUT2D eigenvalue weighted by molar-refractivity contribution is 9.10. The lowest BCUT2D eigenvalue weighted by Gasteiger charge is -2.30. The van der Waals surface area contributed by atoms with Crippen LogP contribution < -0.4 is 5.32 Å². The third kappa shape index (κ3) is 3.99. The van der Waals surface area contributed by atoms with E-state index in [2.05, 4.69) is 36.3 Å². The summed E-state index contributed by atoms with van der Waals surface area (Å²) in [6, 6.07) is 3.69. The summed E-state index contributed by atoms with van der Waals surface area (Å²) in [6.07, 6.45) is 7.96. The third-order valence-electron chi connectivity index (χ3n) is 5.34. The smallest absolute Gasteiger partial charge is 0.228 e. The average molecular weight is 419 g/mol. The number of hydrogen-bond donors (Lipinski definition) is 1.